The Labute approximate surface area is 150 Å². The van der Waals surface area contributed by atoms with E-state index < -0.39 is 0 Å². The molecule has 0 saturated carbocycles. The molecule has 0 aliphatic carbocycles. The van der Waals surface area contributed by atoms with Gasteiger partial charge in [0.25, 0.3) is 0 Å². The van der Waals surface area contributed by atoms with Gasteiger partial charge in [0.1, 0.15) is 5.75 Å². The fourth-order valence-electron chi connectivity index (χ4n) is 3.41. The van der Waals surface area contributed by atoms with Crippen LogP contribution in [0.1, 0.15) is 36.5 Å². The summed E-state index contributed by atoms with van der Waals surface area (Å²) in [5.74, 6) is 0.829. The van der Waals surface area contributed by atoms with Gasteiger partial charge in [0, 0.05) is 50.6 Å². The molecule has 1 heterocycles. The smallest absolute Gasteiger partial charge is 0.211 e. The summed E-state index contributed by atoms with van der Waals surface area (Å²) < 4.78 is 11.4. The van der Waals surface area contributed by atoms with Gasteiger partial charge in [-0.05, 0) is 38.3 Å². The number of carbonyl (C=O) groups excluding carboxylic acids is 1. The molecule has 6 nitrogen and oxygen atoms in total. The van der Waals surface area contributed by atoms with Gasteiger partial charge in [-0.2, -0.15) is 0 Å². The Balaban J connectivity index is 2.29. The predicted molar refractivity (Wildman–Crippen MR) is 101 cm³/mol. The van der Waals surface area contributed by atoms with Gasteiger partial charge in [0.2, 0.25) is 6.41 Å². The monoisotopic (exact) mass is 347 g/mol. The number of aryl methyl sites for hydroxylation is 1. The van der Waals surface area contributed by atoms with Gasteiger partial charge < -0.3 is 14.8 Å². The van der Waals surface area contributed by atoms with E-state index in [9.17, 15) is 4.79 Å². The van der Waals surface area contributed by atoms with E-state index in [1.54, 1.807) is 20.4 Å². The second kappa shape index (κ2) is 9.53. The largest absolute Gasteiger partial charge is 0.496 e. The minimum Gasteiger partial charge on any atom is -0.496 e. The van der Waals surface area contributed by atoms with Crippen molar-refractivity contribution in [2.45, 2.75) is 39.3 Å². The highest BCUT2D eigenvalue weighted by molar-refractivity contribution is 5.95. The minimum atomic E-state index is 0.366. The number of ether oxygens (including phenoxy) is 2. The number of nitrogens with one attached hydrogen (secondary N) is 1. The molecule has 1 aliphatic rings. The van der Waals surface area contributed by atoms with Gasteiger partial charge in [0.15, 0.2) is 0 Å². The number of methoxy groups -OCH3 is 1. The fraction of sp³-hybridized carbons (Fsp3) is 0.579. The van der Waals surface area contributed by atoms with Crippen molar-refractivity contribution in [2.75, 3.05) is 39.2 Å². The number of rotatable bonds is 8. The van der Waals surface area contributed by atoms with E-state index in [0.717, 1.165) is 67.2 Å². The van der Waals surface area contributed by atoms with Crippen molar-refractivity contribution in [3.8, 4) is 5.75 Å². The summed E-state index contributed by atoms with van der Waals surface area (Å²) in [4.78, 5) is 17.6. The molecule has 6 heteroatoms. The molecule has 1 N–H and O–H groups in total. The lowest BCUT2D eigenvalue weighted by Crippen LogP contribution is -2.37. The van der Waals surface area contributed by atoms with Crippen LogP contribution in [0.4, 0.5) is 5.69 Å². The van der Waals surface area contributed by atoms with Crippen LogP contribution in [0.5, 0.6) is 5.75 Å². The van der Waals surface area contributed by atoms with Gasteiger partial charge in [-0.1, -0.05) is 0 Å². The molecule has 0 atom stereocenters. The molecule has 0 aromatic heterocycles. The third kappa shape index (κ3) is 4.80. The summed E-state index contributed by atoms with van der Waals surface area (Å²) in [7, 11) is 3.41. The second-order valence-corrected chi connectivity index (χ2v) is 6.24. The first-order valence-corrected chi connectivity index (χ1v) is 8.81. The molecule has 0 radical (unpaired) electrons. The molecule has 1 amide bonds. The Morgan fingerprint density at radius 1 is 1.40 bits per heavy atom. The Morgan fingerprint density at radius 2 is 2.12 bits per heavy atom. The number of nitrogens with zero attached hydrogens (tertiary/aromatic N) is 2. The van der Waals surface area contributed by atoms with Crippen molar-refractivity contribution >= 4 is 18.3 Å². The molecule has 1 aromatic carbocycles. The van der Waals surface area contributed by atoms with E-state index in [1.165, 1.54) is 0 Å². The van der Waals surface area contributed by atoms with E-state index in [1.807, 2.05) is 19.9 Å². The molecule has 1 saturated heterocycles. The Hall–Kier alpha value is -1.92. The third-order valence-electron chi connectivity index (χ3n) is 4.63. The summed E-state index contributed by atoms with van der Waals surface area (Å²) in [5.41, 5.74) is 3.72. The van der Waals surface area contributed by atoms with Crippen LogP contribution >= 0.6 is 0 Å². The molecular formula is C19H29N3O3. The molecular weight excluding hydrogens is 318 g/mol. The number of benzene rings is 1. The van der Waals surface area contributed by atoms with E-state index in [-0.39, 0.29) is 0 Å². The van der Waals surface area contributed by atoms with Gasteiger partial charge in [-0.3, -0.25) is 14.7 Å². The second-order valence-electron chi connectivity index (χ2n) is 6.24. The van der Waals surface area contributed by atoms with Crippen LogP contribution in [0.25, 0.3) is 0 Å². The van der Waals surface area contributed by atoms with Crippen molar-refractivity contribution in [3.05, 3.63) is 22.8 Å². The van der Waals surface area contributed by atoms with Crippen LogP contribution in [0.3, 0.4) is 0 Å². The average molecular weight is 347 g/mol. The van der Waals surface area contributed by atoms with Crippen molar-refractivity contribution < 1.29 is 14.3 Å². The van der Waals surface area contributed by atoms with Crippen LogP contribution in [0.2, 0.25) is 0 Å². The Morgan fingerprint density at radius 3 is 2.68 bits per heavy atom. The van der Waals surface area contributed by atoms with Crippen LogP contribution in [-0.2, 0) is 16.1 Å². The standard InChI is InChI=1S/C19H29N3O3/c1-5-25-15-6-8-22(9-7-15)12-17-16(11-20-3)19(21-13-23)14(2)10-18(17)24-4/h10-11,13,15H,5-9,12H2,1-4H3,(H,21,23). The third-order valence-corrected chi connectivity index (χ3v) is 4.63. The molecule has 0 bridgehead atoms. The maximum absolute atomic E-state index is 11.0. The molecule has 25 heavy (non-hydrogen) atoms. The van der Waals surface area contributed by atoms with Crippen molar-refractivity contribution in [1.82, 2.24) is 4.90 Å². The summed E-state index contributed by atoms with van der Waals surface area (Å²) in [6, 6.07) is 1.97. The number of amides is 1. The van der Waals surface area contributed by atoms with Crippen LogP contribution in [-0.4, -0.2) is 57.5 Å². The van der Waals surface area contributed by atoms with E-state index in [0.29, 0.717) is 12.5 Å². The lowest BCUT2D eigenvalue weighted by Gasteiger charge is -2.32. The quantitative estimate of drug-likeness (QED) is 0.580. The first-order valence-electron chi connectivity index (χ1n) is 8.81. The van der Waals surface area contributed by atoms with Gasteiger partial charge in [-0.15, -0.1) is 0 Å². The first kappa shape index (κ1) is 19.4. The Bertz CT molecular complexity index is 608. The summed E-state index contributed by atoms with van der Waals surface area (Å²) in [6.07, 6.45) is 4.95. The predicted octanol–water partition coefficient (Wildman–Crippen LogP) is 2.62. The molecule has 2 rings (SSSR count). The maximum atomic E-state index is 11.0. The van der Waals surface area contributed by atoms with Gasteiger partial charge in [0.05, 0.1) is 18.9 Å². The van der Waals surface area contributed by atoms with Crippen molar-refractivity contribution in [3.63, 3.8) is 0 Å². The van der Waals surface area contributed by atoms with Crippen molar-refractivity contribution in [2.24, 2.45) is 4.99 Å². The maximum Gasteiger partial charge on any atom is 0.211 e. The summed E-state index contributed by atoms with van der Waals surface area (Å²) in [6.45, 7) is 7.51. The lowest BCUT2D eigenvalue weighted by molar-refractivity contribution is -0.105. The summed E-state index contributed by atoms with van der Waals surface area (Å²) in [5, 5.41) is 2.82. The summed E-state index contributed by atoms with van der Waals surface area (Å²) >= 11 is 0. The molecule has 1 aromatic rings. The molecule has 1 fully saturated rings. The highest BCUT2D eigenvalue weighted by Gasteiger charge is 2.23. The van der Waals surface area contributed by atoms with E-state index >= 15 is 0 Å². The zero-order chi connectivity index (χ0) is 18.2. The van der Waals surface area contributed by atoms with Crippen LogP contribution in [0, 0.1) is 6.92 Å². The molecule has 0 spiro atoms. The molecule has 1 aliphatic heterocycles. The van der Waals surface area contributed by atoms with Gasteiger partial charge >= 0.3 is 0 Å². The number of hydrogen-bond donors (Lipinski definition) is 1. The van der Waals surface area contributed by atoms with Crippen molar-refractivity contribution in [1.29, 1.82) is 0 Å². The number of anilines is 1. The molecule has 0 unspecified atom stereocenters. The van der Waals surface area contributed by atoms with Crippen LogP contribution in [0.15, 0.2) is 11.1 Å². The topological polar surface area (TPSA) is 63.2 Å². The average Bonchev–Trinajstić information content (AvgIpc) is 2.62. The number of likely N-dealkylation sites (tertiary alicyclic amines) is 1. The minimum absolute atomic E-state index is 0.366. The molecule has 138 valence electrons. The fourth-order valence-corrected chi connectivity index (χ4v) is 3.41. The number of hydrogen-bond acceptors (Lipinski definition) is 5. The zero-order valence-corrected chi connectivity index (χ0v) is 15.7. The van der Waals surface area contributed by atoms with E-state index in [2.05, 4.69) is 15.2 Å². The SMILES string of the molecule is CCOC1CCN(Cc2c(OC)cc(C)c(NC=O)c2C=NC)CC1. The van der Waals surface area contributed by atoms with Gasteiger partial charge in [-0.25, -0.2) is 0 Å². The number of aliphatic imine (C=N–C) groups is 1. The normalized spacial score (nSPS) is 16.3. The van der Waals surface area contributed by atoms with Crippen LogP contribution < -0.4 is 10.1 Å². The first-order chi connectivity index (χ1) is 12.1. The zero-order valence-electron chi connectivity index (χ0n) is 15.7. The lowest BCUT2D eigenvalue weighted by atomic mass is 9.98. The highest BCUT2D eigenvalue weighted by atomic mass is 16.5. The van der Waals surface area contributed by atoms with E-state index in [4.69, 9.17) is 9.47 Å². The number of carbonyl (C=O) groups is 1. The Kier molecular flexibility index (Phi) is 7.40. The highest BCUT2D eigenvalue weighted by Crippen LogP contribution is 2.33. The number of piperidine rings is 1.